The number of nitrogens with one attached hydrogen (secondary N) is 1. The van der Waals surface area contributed by atoms with Crippen LogP contribution in [0.4, 0.5) is 11.5 Å². The number of hydrogen-bond donors (Lipinski definition) is 2. The molecule has 0 aliphatic rings. The molecule has 0 saturated carbocycles. The third kappa shape index (κ3) is 4.09. The van der Waals surface area contributed by atoms with Crippen molar-refractivity contribution in [3.8, 4) is 0 Å². The molecule has 1 aromatic carbocycles. The van der Waals surface area contributed by atoms with Crippen LogP contribution in [0.1, 0.15) is 25.7 Å². The molecule has 1 aromatic heterocycles. The first-order valence-electron chi connectivity index (χ1n) is 6.96. The molecule has 0 amide bonds. The minimum atomic E-state index is -0.425. The average Bonchev–Trinajstić information content (AvgIpc) is 2.50. The van der Waals surface area contributed by atoms with Gasteiger partial charge in [-0.3, -0.25) is 10.1 Å². The first-order valence-corrected chi connectivity index (χ1v) is 6.96. The minimum absolute atomic E-state index is 0.0308. The normalized spacial score (nSPS) is 10.7. The second-order valence-corrected chi connectivity index (χ2v) is 4.75. The fourth-order valence-electron chi connectivity index (χ4n) is 2.10. The molecule has 7 heteroatoms. The second kappa shape index (κ2) is 7.49. The zero-order chi connectivity index (χ0) is 15.1. The maximum Gasteiger partial charge on any atom is 0.270 e. The Morgan fingerprint density at radius 3 is 2.76 bits per heavy atom. The number of hydrogen-bond acceptors (Lipinski definition) is 6. The van der Waals surface area contributed by atoms with Crippen molar-refractivity contribution in [1.29, 1.82) is 0 Å². The minimum Gasteiger partial charge on any atom is -0.396 e. The topological polar surface area (TPSA) is 101 Å². The highest BCUT2D eigenvalue weighted by Gasteiger charge is 2.10. The second-order valence-electron chi connectivity index (χ2n) is 4.75. The van der Waals surface area contributed by atoms with E-state index in [0.717, 1.165) is 32.2 Å². The van der Waals surface area contributed by atoms with E-state index in [4.69, 9.17) is 5.11 Å². The van der Waals surface area contributed by atoms with E-state index in [-0.39, 0.29) is 12.3 Å². The number of aliphatic hydroxyl groups is 1. The molecular weight excluding hydrogens is 272 g/mol. The van der Waals surface area contributed by atoms with Gasteiger partial charge in [-0.1, -0.05) is 12.8 Å². The van der Waals surface area contributed by atoms with Crippen molar-refractivity contribution in [2.45, 2.75) is 25.7 Å². The summed E-state index contributed by atoms with van der Waals surface area (Å²) in [5.41, 5.74) is 0.710. The van der Waals surface area contributed by atoms with Crippen molar-refractivity contribution < 1.29 is 10.0 Å². The third-order valence-electron chi connectivity index (χ3n) is 3.21. The van der Waals surface area contributed by atoms with E-state index in [1.54, 1.807) is 6.07 Å². The van der Waals surface area contributed by atoms with Crippen LogP contribution in [0.25, 0.3) is 10.9 Å². The molecule has 0 unspecified atom stereocenters. The van der Waals surface area contributed by atoms with Crippen molar-refractivity contribution >= 4 is 22.4 Å². The molecule has 0 bridgehead atoms. The molecule has 112 valence electrons. The summed E-state index contributed by atoms with van der Waals surface area (Å²) in [6.45, 7) is 0.966. The summed E-state index contributed by atoms with van der Waals surface area (Å²) < 4.78 is 0. The molecule has 0 fully saturated rings. The number of rotatable bonds is 8. The number of aromatic nitrogens is 2. The lowest BCUT2D eigenvalue weighted by Crippen LogP contribution is -2.04. The van der Waals surface area contributed by atoms with Crippen LogP contribution in [0.3, 0.4) is 0 Å². The molecule has 2 aromatic rings. The highest BCUT2D eigenvalue weighted by atomic mass is 16.6. The van der Waals surface area contributed by atoms with Gasteiger partial charge in [-0.2, -0.15) is 0 Å². The summed E-state index contributed by atoms with van der Waals surface area (Å²) in [5.74, 6) is 0.617. The quantitative estimate of drug-likeness (QED) is 0.440. The molecular formula is C14H18N4O3. The standard InChI is InChI=1S/C14H18N4O3/c19-8-4-2-1-3-7-15-14-12-9-11(18(20)21)5-6-13(12)16-10-17-14/h5-6,9-10,19H,1-4,7-8H2,(H,15,16,17). The molecule has 0 saturated heterocycles. The zero-order valence-corrected chi connectivity index (χ0v) is 11.7. The third-order valence-corrected chi connectivity index (χ3v) is 3.21. The predicted octanol–water partition coefficient (Wildman–Crippen LogP) is 2.50. The van der Waals surface area contributed by atoms with Gasteiger partial charge in [-0.05, 0) is 18.9 Å². The van der Waals surface area contributed by atoms with Crippen LogP contribution >= 0.6 is 0 Å². The summed E-state index contributed by atoms with van der Waals surface area (Å²) in [6, 6.07) is 4.55. The van der Waals surface area contributed by atoms with E-state index in [1.165, 1.54) is 18.5 Å². The van der Waals surface area contributed by atoms with Crippen LogP contribution in [-0.2, 0) is 0 Å². The maximum atomic E-state index is 10.8. The largest absolute Gasteiger partial charge is 0.396 e. The Morgan fingerprint density at radius 1 is 1.19 bits per heavy atom. The van der Waals surface area contributed by atoms with Crippen molar-refractivity contribution in [3.05, 3.63) is 34.6 Å². The van der Waals surface area contributed by atoms with Crippen LogP contribution < -0.4 is 5.32 Å². The lowest BCUT2D eigenvalue weighted by atomic mass is 10.2. The van der Waals surface area contributed by atoms with Gasteiger partial charge in [0.25, 0.3) is 5.69 Å². The SMILES string of the molecule is O=[N+]([O-])c1ccc2ncnc(NCCCCCCO)c2c1. The fourth-order valence-corrected chi connectivity index (χ4v) is 2.10. The monoisotopic (exact) mass is 290 g/mol. The summed E-state index contributed by atoms with van der Waals surface area (Å²) >= 11 is 0. The Balaban J connectivity index is 2.05. The molecule has 0 aliphatic carbocycles. The average molecular weight is 290 g/mol. The van der Waals surface area contributed by atoms with Gasteiger partial charge in [0.2, 0.25) is 0 Å². The lowest BCUT2D eigenvalue weighted by molar-refractivity contribution is -0.384. The zero-order valence-electron chi connectivity index (χ0n) is 11.7. The van der Waals surface area contributed by atoms with Crippen molar-refractivity contribution in [3.63, 3.8) is 0 Å². The molecule has 2 rings (SSSR count). The Morgan fingerprint density at radius 2 is 2.00 bits per heavy atom. The molecule has 21 heavy (non-hydrogen) atoms. The Labute approximate surface area is 122 Å². The number of fused-ring (bicyclic) bond motifs is 1. The van der Waals surface area contributed by atoms with Crippen LogP contribution in [0.15, 0.2) is 24.5 Å². The maximum absolute atomic E-state index is 10.8. The van der Waals surface area contributed by atoms with Gasteiger partial charge in [0, 0.05) is 30.7 Å². The van der Waals surface area contributed by atoms with E-state index in [2.05, 4.69) is 15.3 Å². The van der Waals surface area contributed by atoms with E-state index in [9.17, 15) is 10.1 Å². The van der Waals surface area contributed by atoms with Crippen molar-refractivity contribution in [2.75, 3.05) is 18.5 Å². The number of non-ortho nitro benzene ring substituents is 1. The highest BCUT2D eigenvalue weighted by molar-refractivity contribution is 5.90. The number of nitrogens with zero attached hydrogens (tertiary/aromatic N) is 3. The lowest BCUT2D eigenvalue weighted by Gasteiger charge is -2.08. The van der Waals surface area contributed by atoms with Crippen molar-refractivity contribution in [1.82, 2.24) is 9.97 Å². The summed E-state index contributed by atoms with van der Waals surface area (Å²) in [5, 5.41) is 23.4. The van der Waals surface area contributed by atoms with Gasteiger partial charge >= 0.3 is 0 Å². The molecule has 0 atom stereocenters. The first kappa shape index (κ1) is 15.1. The number of benzene rings is 1. The van der Waals surface area contributed by atoms with Gasteiger partial charge in [0.15, 0.2) is 0 Å². The van der Waals surface area contributed by atoms with Crippen LogP contribution in [0, 0.1) is 10.1 Å². The van der Waals surface area contributed by atoms with E-state index >= 15 is 0 Å². The van der Waals surface area contributed by atoms with Crippen molar-refractivity contribution in [2.24, 2.45) is 0 Å². The smallest absolute Gasteiger partial charge is 0.270 e. The summed E-state index contributed by atoms with van der Waals surface area (Å²) in [6.07, 6.45) is 5.25. The van der Waals surface area contributed by atoms with Crippen LogP contribution in [0.5, 0.6) is 0 Å². The summed E-state index contributed by atoms with van der Waals surface area (Å²) in [7, 11) is 0. The Bertz CT molecular complexity index is 618. The Kier molecular flexibility index (Phi) is 5.39. The van der Waals surface area contributed by atoms with Gasteiger partial charge in [-0.15, -0.1) is 0 Å². The molecule has 2 N–H and O–H groups in total. The molecule has 0 radical (unpaired) electrons. The van der Waals surface area contributed by atoms with Gasteiger partial charge < -0.3 is 10.4 Å². The van der Waals surface area contributed by atoms with E-state index in [0.29, 0.717) is 16.7 Å². The number of anilines is 1. The van der Waals surface area contributed by atoms with Crippen LogP contribution in [-0.4, -0.2) is 33.1 Å². The Hall–Kier alpha value is -2.28. The van der Waals surface area contributed by atoms with Crippen LogP contribution in [0.2, 0.25) is 0 Å². The van der Waals surface area contributed by atoms with E-state index < -0.39 is 4.92 Å². The van der Waals surface area contributed by atoms with Gasteiger partial charge in [0.05, 0.1) is 10.4 Å². The molecule has 1 heterocycles. The number of nitro groups is 1. The predicted molar refractivity (Wildman–Crippen MR) is 80.2 cm³/mol. The molecule has 7 nitrogen and oxygen atoms in total. The van der Waals surface area contributed by atoms with Gasteiger partial charge in [-0.25, -0.2) is 9.97 Å². The fraction of sp³-hybridized carbons (Fsp3) is 0.429. The number of nitro benzene ring substituents is 1. The number of aliphatic hydroxyl groups excluding tert-OH is 1. The van der Waals surface area contributed by atoms with Gasteiger partial charge in [0.1, 0.15) is 12.1 Å². The molecule has 0 spiro atoms. The summed E-state index contributed by atoms with van der Waals surface area (Å²) in [4.78, 5) is 18.7. The highest BCUT2D eigenvalue weighted by Crippen LogP contribution is 2.24. The molecule has 0 aliphatic heterocycles. The number of unbranched alkanes of at least 4 members (excludes halogenated alkanes) is 3. The first-order chi connectivity index (χ1) is 10.2. The van der Waals surface area contributed by atoms with E-state index in [1.807, 2.05) is 0 Å².